The highest BCUT2D eigenvalue weighted by Crippen LogP contribution is 2.41. The number of carbonyl (C=O) groups excluding carboxylic acids is 1. The van der Waals surface area contributed by atoms with Gasteiger partial charge in [0.25, 0.3) is 0 Å². The fourth-order valence-corrected chi connectivity index (χ4v) is 9.01. The normalized spacial score (nSPS) is 27.8. The Bertz CT molecular complexity index is 1750. The van der Waals surface area contributed by atoms with Gasteiger partial charge in [-0.1, -0.05) is 156 Å². The number of rotatable bonds is 28. The summed E-state index contributed by atoms with van der Waals surface area (Å²) in [6.45, 7) is 9.01. The summed E-state index contributed by atoms with van der Waals surface area (Å²) in [5.74, 6) is -1.04. The van der Waals surface area contributed by atoms with E-state index in [4.69, 9.17) is 47.4 Å². The molecule has 0 unspecified atom stereocenters. The second-order valence-corrected chi connectivity index (χ2v) is 18.3. The zero-order valence-corrected chi connectivity index (χ0v) is 39.5. The summed E-state index contributed by atoms with van der Waals surface area (Å²) < 4.78 is 65.0. The second-order valence-electron chi connectivity index (χ2n) is 18.3. The highest BCUT2D eigenvalue weighted by molar-refractivity contribution is 5.68. The van der Waals surface area contributed by atoms with Crippen molar-refractivity contribution in [3.8, 4) is 0 Å². The van der Waals surface area contributed by atoms with E-state index in [1.165, 1.54) is 7.11 Å². The zero-order valence-electron chi connectivity index (χ0n) is 39.5. The number of benzene rings is 3. The van der Waals surface area contributed by atoms with Crippen LogP contribution in [0.3, 0.4) is 0 Å². The van der Waals surface area contributed by atoms with Crippen LogP contribution in [0, 0.1) is 0 Å². The number of fused-ring (bicyclic) bond motifs is 1. The minimum absolute atomic E-state index is 0.0779. The van der Waals surface area contributed by atoms with Gasteiger partial charge in [0.2, 0.25) is 0 Å². The molecule has 3 aromatic carbocycles. The average molecular weight is 905 g/mol. The van der Waals surface area contributed by atoms with E-state index in [-0.39, 0.29) is 38.0 Å². The Kier molecular flexibility index (Phi) is 21.2. The predicted octanol–water partition coefficient (Wildman–Crippen LogP) is 9.76. The van der Waals surface area contributed by atoms with Gasteiger partial charge in [-0.3, -0.25) is 4.79 Å². The molecule has 0 radical (unpaired) electrons. The molecule has 65 heavy (non-hydrogen) atoms. The van der Waals surface area contributed by atoms with E-state index in [0.717, 1.165) is 93.7 Å². The van der Waals surface area contributed by atoms with Crippen molar-refractivity contribution in [2.75, 3.05) is 13.7 Å². The molecule has 11 atom stereocenters. The molecule has 3 aliphatic heterocycles. The third-order valence-corrected chi connectivity index (χ3v) is 12.5. The molecule has 3 aliphatic rings. The first-order valence-electron chi connectivity index (χ1n) is 24.3. The van der Waals surface area contributed by atoms with E-state index >= 15 is 0 Å². The Hall–Kier alpha value is -3.27. The van der Waals surface area contributed by atoms with Crippen LogP contribution in [-0.2, 0) is 72.0 Å². The molecule has 12 nitrogen and oxygen atoms in total. The van der Waals surface area contributed by atoms with E-state index < -0.39 is 61.1 Å². The lowest BCUT2D eigenvalue weighted by Crippen LogP contribution is -2.64. The van der Waals surface area contributed by atoms with Crippen LogP contribution >= 0.6 is 0 Å². The molecule has 3 aromatic rings. The maximum Gasteiger partial charge on any atom is 0.305 e. The van der Waals surface area contributed by atoms with Crippen LogP contribution < -0.4 is 0 Å². The van der Waals surface area contributed by atoms with E-state index in [1.54, 1.807) is 0 Å². The minimum atomic E-state index is -1.28. The largest absolute Gasteiger partial charge is 0.469 e. The summed E-state index contributed by atoms with van der Waals surface area (Å²) in [4.78, 5) is 11.5. The molecule has 0 saturated carbocycles. The summed E-state index contributed by atoms with van der Waals surface area (Å²) >= 11 is 0. The lowest BCUT2D eigenvalue weighted by Gasteiger charge is -2.47. The first-order valence-corrected chi connectivity index (χ1v) is 24.3. The highest BCUT2D eigenvalue weighted by Gasteiger charge is 2.58. The van der Waals surface area contributed by atoms with Gasteiger partial charge >= 0.3 is 5.97 Å². The molecule has 3 fully saturated rings. The molecule has 0 spiro atoms. The van der Waals surface area contributed by atoms with Crippen molar-refractivity contribution < 1.29 is 57.3 Å². The lowest BCUT2D eigenvalue weighted by atomic mass is 9.96. The van der Waals surface area contributed by atoms with Gasteiger partial charge in [0.1, 0.15) is 42.7 Å². The summed E-state index contributed by atoms with van der Waals surface area (Å²) in [6.07, 6.45) is 5.02. The van der Waals surface area contributed by atoms with Crippen molar-refractivity contribution in [2.45, 2.75) is 204 Å². The number of hydrogen-bond donors (Lipinski definition) is 1. The number of aliphatic hydroxyl groups is 1. The van der Waals surface area contributed by atoms with Gasteiger partial charge in [-0.15, -0.1) is 0 Å². The van der Waals surface area contributed by atoms with Crippen LogP contribution in [0.1, 0.15) is 128 Å². The topological polar surface area (TPSA) is 130 Å². The Morgan fingerprint density at radius 1 is 0.662 bits per heavy atom. The standard InChI is InChI=1S/C53H76O12/c1-6-7-16-31-42(32-23-11-9-8-10-12-24-33-44(54)56-5)61-52-50(49-46(38(2)60-52)64-53(3,4)65-49)63-51-45(55)48(59-36-41-29-21-15-22-30-41)47(58-35-40-27-19-14-20-28-40)43(62-51)37-57-34-39-25-17-13-18-26-39/h13-15,17-22,25-30,38,42-43,45-52,55H,6-12,16,23-24,31-37H2,1-5H3/t38-,42+,43-,45-,46+,47-,48-,49+,50-,51+,52+/m1/s1. The molecule has 3 saturated heterocycles. The van der Waals surface area contributed by atoms with Gasteiger partial charge in [-0.25, -0.2) is 0 Å². The van der Waals surface area contributed by atoms with Crippen molar-refractivity contribution >= 4 is 5.97 Å². The minimum Gasteiger partial charge on any atom is -0.469 e. The van der Waals surface area contributed by atoms with Crippen molar-refractivity contribution in [3.05, 3.63) is 108 Å². The fourth-order valence-electron chi connectivity index (χ4n) is 9.01. The van der Waals surface area contributed by atoms with Crippen molar-refractivity contribution in [2.24, 2.45) is 0 Å². The van der Waals surface area contributed by atoms with Gasteiger partial charge in [-0.2, -0.15) is 0 Å². The molecule has 0 aliphatic carbocycles. The molecule has 6 rings (SSSR count). The van der Waals surface area contributed by atoms with Crippen LogP contribution in [-0.4, -0.2) is 98.1 Å². The number of esters is 1. The van der Waals surface area contributed by atoms with Crippen LogP contribution in [0.25, 0.3) is 0 Å². The quantitative estimate of drug-likeness (QED) is 0.0550. The van der Waals surface area contributed by atoms with Gasteiger partial charge in [-0.05, 0) is 56.7 Å². The lowest BCUT2D eigenvalue weighted by molar-refractivity contribution is -0.368. The van der Waals surface area contributed by atoms with Gasteiger partial charge in [0.05, 0.1) is 45.7 Å². The molecule has 360 valence electrons. The summed E-state index contributed by atoms with van der Waals surface area (Å²) in [5, 5.41) is 12.4. The van der Waals surface area contributed by atoms with Gasteiger partial charge < -0.3 is 52.5 Å². The third kappa shape index (κ3) is 16.2. The van der Waals surface area contributed by atoms with Crippen LogP contribution in [0.15, 0.2) is 91.0 Å². The molecular formula is C53H76O12. The summed E-state index contributed by atoms with van der Waals surface area (Å²) in [7, 11) is 1.44. The van der Waals surface area contributed by atoms with E-state index in [2.05, 4.69) is 6.92 Å². The summed E-state index contributed by atoms with van der Waals surface area (Å²) in [6, 6.07) is 29.8. The third-order valence-electron chi connectivity index (χ3n) is 12.5. The zero-order chi connectivity index (χ0) is 45.9. The van der Waals surface area contributed by atoms with Crippen molar-refractivity contribution in [3.63, 3.8) is 0 Å². The van der Waals surface area contributed by atoms with Gasteiger partial charge in [0, 0.05) is 6.42 Å². The fraction of sp³-hybridized carbons (Fsp3) is 0.642. The van der Waals surface area contributed by atoms with E-state index in [0.29, 0.717) is 13.0 Å². The molecule has 0 aromatic heterocycles. The molecule has 12 heteroatoms. The smallest absolute Gasteiger partial charge is 0.305 e. The number of aliphatic hydroxyl groups excluding tert-OH is 1. The van der Waals surface area contributed by atoms with Crippen LogP contribution in [0.4, 0.5) is 0 Å². The Morgan fingerprint density at radius 2 is 1.20 bits per heavy atom. The van der Waals surface area contributed by atoms with E-state index in [1.807, 2.05) is 112 Å². The SMILES string of the molecule is CCCCC[C@@H](CCCCCCCCCC(=O)OC)O[C@@H]1O[C@H](C)[C@@H]2OC(C)(C)O[C@@H]2[C@H]1O[C@@H]1O[C@H](COCc2ccccc2)[C@@H](OCc2ccccc2)[C@H](OCc2ccccc2)[C@H]1O. The molecule has 0 amide bonds. The molecular weight excluding hydrogens is 829 g/mol. The number of hydrogen-bond acceptors (Lipinski definition) is 12. The molecule has 3 heterocycles. The maximum atomic E-state index is 12.4. The molecule has 0 bridgehead atoms. The maximum absolute atomic E-state index is 12.4. The van der Waals surface area contributed by atoms with Gasteiger partial charge in [0.15, 0.2) is 18.4 Å². The predicted molar refractivity (Wildman–Crippen MR) is 246 cm³/mol. The Labute approximate surface area is 387 Å². The van der Waals surface area contributed by atoms with Crippen LogP contribution in [0.5, 0.6) is 0 Å². The molecule has 1 N–H and O–H groups in total. The average Bonchev–Trinajstić information content (AvgIpc) is 3.65. The summed E-state index contributed by atoms with van der Waals surface area (Å²) in [5.41, 5.74) is 2.96. The first-order chi connectivity index (χ1) is 31.6. The number of carbonyl (C=O) groups is 1. The van der Waals surface area contributed by atoms with E-state index in [9.17, 15) is 9.90 Å². The Balaban J connectivity index is 1.21. The van der Waals surface area contributed by atoms with Crippen molar-refractivity contribution in [1.82, 2.24) is 0 Å². The number of methoxy groups -OCH3 is 1. The number of unbranched alkanes of at least 4 members (excludes halogenated alkanes) is 8. The first kappa shape index (κ1) is 51.1. The second kappa shape index (κ2) is 26.9. The highest BCUT2D eigenvalue weighted by atomic mass is 16.8. The van der Waals surface area contributed by atoms with Crippen molar-refractivity contribution in [1.29, 1.82) is 0 Å². The monoisotopic (exact) mass is 905 g/mol. The van der Waals surface area contributed by atoms with Crippen LogP contribution in [0.2, 0.25) is 0 Å². The number of ether oxygens (including phenoxy) is 10. The Morgan fingerprint density at radius 3 is 1.80 bits per heavy atom.